The van der Waals surface area contributed by atoms with E-state index in [1.54, 1.807) is 20.8 Å². The second-order valence-corrected chi connectivity index (χ2v) is 8.89. The van der Waals surface area contributed by atoms with Gasteiger partial charge in [-0.3, -0.25) is 5.41 Å². The number of hydrogen-bond acceptors (Lipinski definition) is 4. The SMILES string of the molecule is CC(C)(C)S(=O)(=O)CCN(CCC(=N)N)c1ccccc1. The van der Waals surface area contributed by atoms with Crippen molar-refractivity contribution in [2.45, 2.75) is 31.9 Å². The van der Waals surface area contributed by atoms with E-state index in [2.05, 4.69) is 0 Å². The Morgan fingerprint density at radius 2 is 1.76 bits per heavy atom. The van der Waals surface area contributed by atoms with Crippen LogP contribution < -0.4 is 10.6 Å². The highest BCUT2D eigenvalue weighted by molar-refractivity contribution is 7.92. The molecule has 6 heteroatoms. The Bertz CT molecular complexity index is 562. The molecule has 0 fully saturated rings. The topological polar surface area (TPSA) is 87.2 Å². The first-order valence-electron chi connectivity index (χ1n) is 6.99. The molecule has 0 radical (unpaired) electrons. The number of anilines is 1. The molecule has 0 aliphatic rings. The quantitative estimate of drug-likeness (QED) is 0.596. The molecule has 0 aliphatic carbocycles. The molecule has 3 N–H and O–H groups in total. The van der Waals surface area contributed by atoms with Crippen LogP contribution in [0.5, 0.6) is 0 Å². The van der Waals surface area contributed by atoms with E-state index in [1.807, 2.05) is 35.2 Å². The van der Waals surface area contributed by atoms with Crippen LogP contribution in [0.3, 0.4) is 0 Å². The van der Waals surface area contributed by atoms with E-state index in [1.165, 1.54) is 0 Å². The van der Waals surface area contributed by atoms with Crippen molar-refractivity contribution in [2.75, 3.05) is 23.7 Å². The Kier molecular flexibility index (Phi) is 5.78. The molecule has 1 aromatic rings. The Morgan fingerprint density at radius 3 is 2.24 bits per heavy atom. The second kappa shape index (κ2) is 6.93. The number of nitrogens with one attached hydrogen (secondary N) is 1. The summed E-state index contributed by atoms with van der Waals surface area (Å²) in [4.78, 5) is 1.96. The third kappa shape index (κ3) is 5.38. The monoisotopic (exact) mass is 311 g/mol. The molecular formula is C15H25N3O2S. The van der Waals surface area contributed by atoms with Crippen molar-refractivity contribution in [3.8, 4) is 0 Å². The number of sulfone groups is 1. The van der Waals surface area contributed by atoms with Gasteiger partial charge in [-0.2, -0.15) is 0 Å². The summed E-state index contributed by atoms with van der Waals surface area (Å²) >= 11 is 0. The smallest absolute Gasteiger partial charge is 0.156 e. The summed E-state index contributed by atoms with van der Waals surface area (Å²) in [6.45, 7) is 6.08. The fraction of sp³-hybridized carbons (Fsp3) is 0.533. The number of nitrogens with zero attached hydrogens (tertiary/aromatic N) is 1. The lowest BCUT2D eigenvalue weighted by atomic mass is 10.2. The van der Waals surface area contributed by atoms with Gasteiger partial charge in [-0.15, -0.1) is 0 Å². The van der Waals surface area contributed by atoms with Gasteiger partial charge in [0.15, 0.2) is 9.84 Å². The molecular weight excluding hydrogens is 286 g/mol. The van der Waals surface area contributed by atoms with Gasteiger partial charge < -0.3 is 10.6 Å². The fourth-order valence-corrected chi connectivity index (χ4v) is 2.87. The molecule has 0 amide bonds. The molecule has 0 spiro atoms. The van der Waals surface area contributed by atoms with Crippen LogP contribution in [0.4, 0.5) is 5.69 Å². The van der Waals surface area contributed by atoms with Crippen molar-refractivity contribution >= 4 is 21.4 Å². The maximum atomic E-state index is 12.2. The molecule has 1 rings (SSSR count). The molecule has 21 heavy (non-hydrogen) atoms. The summed E-state index contributed by atoms with van der Waals surface area (Å²) in [5, 5.41) is 7.34. The van der Waals surface area contributed by atoms with Gasteiger partial charge in [-0.25, -0.2) is 8.42 Å². The van der Waals surface area contributed by atoms with Gasteiger partial charge in [-0.05, 0) is 32.9 Å². The third-order valence-electron chi connectivity index (χ3n) is 3.34. The van der Waals surface area contributed by atoms with Crippen molar-refractivity contribution in [3.63, 3.8) is 0 Å². The molecule has 1 aromatic carbocycles. The first-order chi connectivity index (χ1) is 9.63. The van der Waals surface area contributed by atoms with Crippen molar-refractivity contribution in [3.05, 3.63) is 30.3 Å². The number of rotatable bonds is 7. The number of para-hydroxylation sites is 1. The van der Waals surface area contributed by atoms with E-state index in [4.69, 9.17) is 11.1 Å². The predicted octanol–water partition coefficient (Wildman–Crippen LogP) is 2.03. The molecule has 0 atom stereocenters. The van der Waals surface area contributed by atoms with Crippen LogP contribution >= 0.6 is 0 Å². The minimum atomic E-state index is -3.17. The zero-order valence-electron chi connectivity index (χ0n) is 13.0. The predicted molar refractivity (Wildman–Crippen MR) is 88.7 cm³/mol. The van der Waals surface area contributed by atoms with Crippen LogP contribution in [0.25, 0.3) is 0 Å². The maximum Gasteiger partial charge on any atom is 0.156 e. The molecule has 0 saturated heterocycles. The Hall–Kier alpha value is -1.56. The zero-order chi connectivity index (χ0) is 16.1. The normalized spacial score (nSPS) is 12.1. The van der Waals surface area contributed by atoms with E-state index in [-0.39, 0.29) is 11.6 Å². The number of hydrogen-bond donors (Lipinski definition) is 2. The van der Waals surface area contributed by atoms with E-state index in [9.17, 15) is 8.42 Å². The number of amidine groups is 1. The van der Waals surface area contributed by atoms with Gasteiger partial charge in [0, 0.05) is 25.2 Å². The van der Waals surface area contributed by atoms with Gasteiger partial charge in [0.2, 0.25) is 0 Å². The van der Waals surface area contributed by atoms with E-state index >= 15 is 0 Å². The number of benzene rings is 1. The van der Waals surface area contributed by atoms with Crippen LogP contribution in [-0.2, 0) is 9.84 Å². The largest absolute Gasteiger partial charge is 0.388 e. The van der Waals surface area contributed by atoms with E-state index in [0.29, 0.717) is 19.5 Å². The molecule has 0 bridgehead atoms. The van der Waals surface area contributed by atoms with Crippen molar-refractivity contribution in [1.82, 2.24) is 0 Å². The molecule has 118 valence electrons. The summed E-state index contributed by atoms with van der Waals surface area (Å²) in [5.74, 6) is 0.193. The van der Waals surface area contributed by atoms with Crippen LogP contribution in [0.2, 0.25) is 0 Å². The molecule has 5 nitrogen and oxygen atoms in total. The minimum absolute atomic E-state index is 0.0866. The van der Waals surface area contributed by atoms with E-state index < -0.39 is 14.6 Å². The molecule has 0 aliphatic heterocycles. The van der Waals surface area contributed by atoms with Crippen LogP contribution in [0.15, 0.2) is 30.3 Å². The highest BCUT2D eigenvalue weighted by Crippen LogP contribution is 2.18. The standard InChI is InChI=1S/C15H25N3O2S/c1-15(2,3)21(19,20)12-11-18(10-9-14(16)17)13-7-5-4-6-8-13/h4-8H,9-12H2,1-3H3,(H3,16,17). The summed E-state index contributed by atoms with van der Waals surface area (Å²) in [7, 11) is -3.17. The maximum absolute atomic E-state index is 12.2. The summed E-state index contributed by atoms with van der Waals surface area (Å²) < 4.78 is 23.7. The lowest BCUT2D eigenvalue weighted by Crippen LogP contribution is -2.37. The van der Waals surface area contributed by atoms with Crippen molar-refractivity contribution in [2.24, 2.45) is 5.73 Å². The van der Waals surface area contributed by atoms with Crippen LogP contribution in [-0.4, -0.2) is 37.8 Å². The van der Waals surface area contributed by atoms with Crippen molar-refractivity contribution in [1.29, 1.82) is 5.41 Å². The lowest BCUT2D eigenvalue weighted by Gasteiger charge is -2.27. The molecule has 0 aromatic heterocycles. The van der Waals surface area contributed by atoms with Crippen LogP contribution in [0.1, 0.15) is 27.2 Å². The summed E-state index contributed by atoms with van der Waals surface area (Å²) in [6.07, 6.45) is 0.421. The average Bonchev–Trinajstić information content (AvgIpc) is 2.38. The van der Waals surface area contributed by atoms with Crippen molar-refractivity contribution < 1.29 is 8.42 Å². The molecule has 0 saturated carbocycles. The third-order valence-corrected chi connectivity index (χ3v) is 5.92. The first-order valence-corrected chi connectivity index (χ1v) is 8.64. The zero-order valence-corrected chi connectivity index (χ0v) is 13.8. The van der Waals surface area contributed by atoms with Gasteiger partial charge in [0.05, 0.1) is 16.3 Å². The molecule has 0 unspecified atom stereocenters. The van der Waals surface area contributed by atoms with Gasteiger partial charge in [0.1, 0.15) is 0 Å². The Labute approximate surface area is 127 Å². The fourth-order valence-electron chi connectivity index (χ4n) is 1.80. The van der Waals surface area contributed by atoms with E-state index in [0.717, 1.165) is 5.69 Å². The highest BCUT2D eigenvalue weighted by atomic mass is 32.2. The number of nitrogens with two attached hydrogens (primary N) is 1. The Balaban J connectivity index is 2.82. The summed E-state index contributed by atoms with van der Waals surface area (Å²) in [6, 6.07) is 9.61. The summed E-state index contributed by atoms with van der Waals surface area (Å²) in [5.41, 5.74) is 6.36. The van der Waals surface area contributed by atoms with Gasteiger partial charge >= 0.3 is 0 Å². The minimum Gasteiger partial charge on any atom is -0.388 e. The second-order valence-electron chi connectivity index (χ2n) is 6.03. The lowest BCUT2D eigenvalue weighted by molar-refractivity contribution is 0.559. The molecule has 0 heterocycles. The van der Waals surface area contributed by atoms with Gasteiger partial charge in [-0.1, -0.05) is 18.2 Å². The van der Waals surface area contributed by atoms with Crippen LogP contribution in [0, 0.1) is 5.41 Å². The average molecular weight is 311 g/mol. The van der Waals surface area contributed by atoms with Gasteiger partial charge in [0.25, 0.3) is 0 Å². The Morgan fingerprint density at radius 1 is 1.19 bits per heavy atom. The first kappa shape index (κ1) is 17.5. The highest BCUT2D eigenvalue weighted by Gasteiger charge is 2.29.